The number of esters is 1. The van der Waals surface area contributed by atoms with Gasteiger partial charge in [-0.3, -0.25) is 9.47 Å². The molecule has 0 spiro atoms. The van der Waals surface area contributed by atoms with Crippen LogP contribution in [0.3, 0.4) is 0 Å². The largest absolute Gasteiger partial charge is 0.481 e. The molecule has 1 aliphatic carbocycles. The number of rotatable bonds is 5. The fraction of sp³-hybridized carbons (Fsp3) is 0.333. The number of likely N-dealkylation sites (tertiary alicyclic amines) is 1. The Morgan fingerprint density at radius 3 is 2.79 bits per heavy atom. The number of aliphatic hydroxyl groups is 1. The molecule has 2 aromatic carbocycles. The van der Waals surface area contributed by atoms with Crippen LogP contribution in [0.2, 0.25) is 10.0 Å². The van der Waals surface area contributed by atoms with E-state index in [-0.39, 0.29) is 17.6 Å². The topological polar surface area (TPSA) is 76.8 Å². The predicted molar refractivity (Wildman–Crippen MR) is 124 cm³/mol. The van der Waals surface area contributed by atoms with E-state index in [1.54, 1.807) is 24.4 Å². The first kappa shape index (κ1) is 23.1. The molecular weight excluding hydrogens is 484 g/mol. The quantitative estimate of drug-likeness (QED) is 0.523. The van der Waals surface area contributed by atoms with E-state index in [1.807, 2.05) is 0 Å². The van der Waals surface area contributed by atoms with Gasteiger partial charge in [0.15, 0.2) is 11.6 Å². The maximum Gasteiger partial charge on any atom is 0.374 e. The van der Waals surface area contributed by atoms with Gasteiger partial charge in [-0.25, -0.2) is 14.2 Å². The molecule has 1 aliphatic heterocycles. The summed E-state index contributed by atoms with van der Waals surface area (Å²) in [6.45, 7) is 1.23. The third-order valence-electron chi connectivity index (χ3n) is 6.38. The highest BCUT2D eigenvalue weighted by Gasteiger charge is 2.42. The van der Waals surface area contributed by atoms with E-state index < -0.39 is 24.0 Å². The summed E-state index contributed by atoms with van der Waals surface area (Å²) in [5.41, 5.74) is 2.13. The van der Waals surface area contributed by atoms with Gasteiger partial charge in [0.25, 0.3) is 0 Å². The number of carbonyl (C=O) groups is 1. The van der Waals surface area contributed by atoms with Crippen LogP contribution in [0.4, 0.5) is 4.39 Å². The third kappa shape index (κ3) is 4.15. The lowest BCUT2D eigenvalue weighted by Crippen LogP contribution is -2.39. The lowest BCUT2D eigenvalue weighted by atomic mass is 10.1. The molecule has 178 valence electrons. The van der Waals surface area contributed by atoms with Crippen molar-refractivity contribution in [3.63, 3.8) is 0 Å². The molecule has 7 nitrogen and oxygen atoms in total. The van der Waals surface area contributed by atoms with Gasteiger partial charge in [0.05, 0.1) is 24.9 Å². The number of aromatic nitrogens is 2. The third-order valence-corrected chi connectivity index (χ3v) is 6.94. The van der Waals surface area contributed by atoms with Crippen molar-refractivity contribution < 1.29 is 23.8 Å². The molecule has 2 aliphatic rings. The molecule has 1 saturated heterocycles. The number of methoxy groups -OCH3 is 1. The standard InChI is InChI=1S/C24H22Cl2FN3O4/c1-33-24(32)23-28-5-7-30(23)14-2-3-21(19(27)10-14)34-22-17-8-13(25)9-18(26)16(17)11-20(22)29-6-4-15(31)12-29/h2-3,5,7-10,15,20,22,31H,4,6,11-12H2,1H3/t15-,20+,22+/m1/s1. The normalized spacial score (nSPS) is 22.1. The first-order chi connectivity index (χ1) is 16.4. The first-order valence-electron chi connectivity index (χ1n) is 10.8. The fourth-order valence-electron chi connectivity index (χ4n) is 4.77. The van der Waals surface area contributed by atoms with Gasteiger partial charge in [0, 0.05) is 47.2 Å². The summed E-state index contributed by atoms with van der Waals surface area (Å²) < 4.78 is 27.6. The monoisotopic (exact) mass is 505 g/mol. The minimum atomic E-state index is -0.627. The number of nitrogens with zero attached hydrogens (tertiary/aromatic N) is 3. The molecule has 3 atom stereocenters. The molecular formula is C24H22Cl2FN3O4. The molecule has 0 radical (unpaired) electrons. The van der Waals surface area contributed by atoms with Crippen molar-refractivity contribution >= 4 is 29.2 Å². The summed E-state index contributed by atoms with van der Waals surface area (Å²) in [4.78, 5) is 18.1. The van der Waals surface area contributed by atoms with Gasteiger partial charge >= 0.3 is 5.97 Å². The number of hydrogen-bond donors (Lipinski definition) is 1. The molecule has 1 aromatic heterocycles. The van der Waals surface area contributed by atoms with Crippen LogP contribution in [0.1, 0.15) is 34.3 Å². The maximum absolute atomic E-state index is 15.2. The van der Waals surface area contributed by atoms with Crippen molar-refractivity contribution in [1.29, 1.82) is 0 Å². The molecule has 0 bridgehead atoms. The molecule has 1 N–H and O–H groups in total. The first-order valence-corrected chi connectivity index (χ1v) is 11.6. The second-order valence-corrected chi connectivity index (χ2v) is 9.27. The zero-order valence-corrected chi connectivity index (χ0v) is 19.8. The number of fused-ring (bicyclic) bond motifs is 1. The van der Waals surface area contributed by atoms with Crippen LogP contribution in [0.15, 0.2) is 42.7 Å². The second kappa shape index (κ2) is 9.19. The van der Waals surface area contributed by atoms with Gasteiger partial charge in [0.2, 0.25) is 5.82 Å². The van der Waals surface area contributed by atoms with E-state index in [1.165, 1.54) is 30.0 Å². The molecule has 0 amide bonds. The SMILES string of the molecule is COC(=O)c1nccn1-c1ccc(O[C@H]2c3cc(Cl)cc(Cl)c3C[C@@H]2N2CC[C@@H](O)C2)c(F)c1. The van der Waals surface area contributed by atoms with E-state index in [9.17, 15) is 9.90 Å². The van der Waals surface area contributed by atoms with Crippen LogP contribution in [-0.2, 0) is 11.2 Å². The number of ether oxygens (including phenoxy) is 2. The molecule has 10 heteroatoms. The lowest BCUT2D eigenvalue weighted by Gasteiger charge is -2.30. The Morgan fingerprint density at radius 2 is 2.09 bits per heavy atom. The van der Waals surface area contributed by atoms with Crippen molar-refractivity contribution in [2.45, 2.75) is 31.1 Å². The molecule has 3 aromatic rings. The summed E-state index contributed by atoms with van der Waals surface area (Å²) in [6.07, 6.45) is 3.35. The van der Waals surface area contributed by atoms with E-state index in [0.29, 0.717) is 41.7 Å². The Bertz CT molecular complexity index is 1250. The van der Waals surface area contributed by atoms with Gasteiger partial charge in [-0.05, 0) is 42.7 Å². The minimum absolute atomic E-state index is 0.0391. The van der Waals surface area contributed by atoms with Crippen molar-refractivity contribution in [1.82, 2.24) is 14.5 Å². The Labute approximate surface area is 205 Å². The molecule has 0 unspecified atom stereocenters. The number of β-amino-alcohol motifs (C(OH)–C–C–N with tert-alkyl or cyclic N) is 1. The number of hydrogen-bond acceptors (Lipinski definition) is 6. The predicted octanol–water partition coefficient (Wildman–Crippen LogP) is 4.22. The number of aliphatic hydroxyl groups excluding tert-OH is 1. The van der Waals surface area contributed by atoms with Crippen molar-refractivity contribution in [2.24, 2.45) is 0 Å². The van der Waals surface area contributed by atoms with Gasteiger partial charge in [-0.15, -0.1) is 0 Å². The summed E-state index contributed by atoms with van der Waals surface area (Å²) in [7, 11) is 1.26. The molecule has 0 saturated carbocycles. The van der Waals surface area contributed by atoms with Gasteiger partial charge in [-0.2, -0.15) is 0 Å². The van der Waals surface area contributed by atoms with Crippen LogP contribution < -0.4 is 4.74 Å². The summed E-state index contributed by atoms with van der Waals surface area (Å²) in [6, 6.07) is 7.81. The zero-order valence-electron chi connectivity index (χ0n) is 18.2. The maximum atomic E-state index is 15.2. The summed E-state index contributed by atoms with van der Waals surface area (Å²) in [5.74, 6) is -1.12. The average molecular weight is 506 g/mol. The van der Waals surface area contributed by atoms with Gasteiger partial charge in [-0.1, -0.05) is 23.2 Å². The number of halogens is 3. The lowest BCUT2D eigenvalue weighted by molar-refractivity contribution is 0.0584. The van der Waals surface area contributed by atoms with Crippen LogP contribution in [0.5, 0.6) is 5.75 Å². The van der Waals surface area contributed by atoms with Crippen LogP contribution in [-0.4, -0.2) is 57.9 Å². The average Bonchev–Trinajstić information content (AvgIpc) is 3.53. The van der Waals surface area contributed by atoms with E-state index in [4.69, 9.17) is 32.7 Å². The van der Waals surface area contributed by atoms with Crippen LogP contribution >= 0.6 is 23.2 Å². The van der Waals surface area contributed by atoms with Gasteiger partial charge < -0.3 is 14.6 Å². The Balaban J connectivity index is 1.47. The van der Waals surface area contributed by atoms with Crippen LogP contribution in [0.25, 0.3) is 5.69 Å². The van der Waals surface area contributed by atoms with Crippen LogP contribution in [0, 0.1) is 5.82 Å². The fourth-order valence-corrected chi connectivity index (χ4v) is 5.36. The number of benzene rings is 2. The van der Waals surface area contributed by atoms with Crippen molar-refractivity contribution in [2.75, 3.05) is 20.2 Å². The Morgan fingerprint density at radius 1 is 1.26 bits per heavy atom. The van der Waals surface area contributed by atoms with E-state index in [0.717, 1.165) is 11.1 Å². The Hall–Kier alpha value is -2.65. The highest BCUT2D eigenvalue weighted by atomic mass is 35.5. The van der Waals surface area contributed by atoms with E-state index >= 15 is 4.39 Å². The zero-order chi connectivity index (χ0) is 24.0. The smallest absolute Gasteiger partial charge is 0.374 e. The minimum Gasteiger partial charge on any atom is -0.481 e. The molecule has 34 heavy (non-hydrogen) atoms. The highest BCUT2D eigenvalue weighted by molar-refractivity contribution is 6.35. The molecule has 2 heterocycles. The Kier molecular flexibility index (Phi) is 6.24. The second-order valence-electron chi connectivity index (χ2n) is 8.43. The number of carbonyl (C=O) groups excluding carboxylic acids is 1. The molecule has 5 rings (SSSR count). The highest BCUT2D eigenvalue weighted by Crippen LogP contribution is 2.43. The van der Waals surface area contributed by atoms with Gasteiger partial charge in [0.1, 0.15) is 6.10 Å². The molecule has 1 fully saturated rings. The van der Waals surface area contributed by atoms with Crippen molar-refractivity contribution in [3.05, 3.63) is 75.5 Å². The summed E-state index contributed by atoms with van der Waals surface area (Å²) in [5, 5.41) is 11.1. The van der Waals surface area contributed by atoms with E-state index in [2.05, 4.69) is 9.88 Å². The van der Waals surface area contributed by atoms with Crippen molar-refractivity contribution in [3.8, 4) is 11.4 Å². The number of imidazole rings is 1. The summed E-state index contributed by atoms with van der Waals surface area (Å²) >= 11 is 12.8.